The third-order valence-corrected chi connectivity index (χ3v) is 3.99. The number of carbonyl (C=O) groups is 1. The average molecular weight is 337 g/mol. The first-order valence-electron chi connectivity index (χ1n) is 7.72. The maximum absolute atomic E-state index is 12.4. The van der Waals surface area contributed by atoms with E-state index in [1.165, 1.54) is 0 Å². The van der Waals surface area contributed by atoms with Crippen LogP contribution < -0.4 is 0 Å². The Hall–Kier alpha value is -1.73. The van der Waals surface area contributed by atoms with Crippen LogP contribution in [0.15, 0.2) is 21.3 Å². The van der Waals surface area contributed by atoms with Crippen molar-refractivity contribution in [1.82, 2.24) is 15.0 Å². The van der Waals surface area contributed by atoms with Crippen molar-refractivity contribution in [3.05, 3.63) is 22.7 Å². The third-order valence-electron chi connectivity index (χ3n) is 3.30. The maximum atomic E-state index is 12.4. The van der Waals surface area contributed by atoms with E-state index in [2.05, 4.69) is 24.0 Å². The Kier molecular flexibility index (Phi) is 6.73. The molecule has 2 rings (SSSR count). The van der Waals surface area contributed by atoms with Crippen LogP contribution in [-0.2, 0) is 16.0 Å². The first-order chi connectivity index (χ1) is 11.1. The number of amides is 1. The standard InChI is InChI=1S/C16H23N3O3S/c1-12(2)10-19(7-8-21-3)15(20)5-4-14-17-16(18-22-14)13-6-9-23-11-13/h6,9,11-12H,4-5,7-8,10H2,1-3H3. The molecule has 1 amide bonds. The van der Waals surface area contributed by atoms with Gasteiger partial charge in [0.2, 0.25) is 17.6 Å². The van der Waals surface area contributed by atoms with Crippen molar-refractivity contribution in [3.63, 3.8) is 0 Å². The van der Waals surface area contributed by atoms with E-state index in [1.54, 1.807) is 18.4 Å². The number of nitrogens with zero attached hydrogens (tertiary/aromatic N) is 3. The lowest BCUT2D eigenvalue weighted by Gasteiger charge is -2.24. The second-order valence-electron chi connectivity index (χ2n) is 5.75. The smallest absolute Gasteiger partial charge is 0.227 e. The van der Waals surface area contributed by atoms with Crippen molar-refractivity contribution in [2.75, 3.05) is 26.8 Å². The van der Waals surface area contributed by atoms with Gasteiger partial charge >= 0.3 is 0 Å². The number of aryl methyl sites for hydroxylation is 1. The lowest BCUT2D eigenvalue weighted by molar-refractivity contribution is -0.132. The monoisotopic (exact) mass is 337 g/mol. The zero-order valence-electron chi connectivity index (χ0n) is 13.8. The maximum Gasteiger partial charge on any atom is 0.227 e. The highest BCUT2D eigenvalue weighted by molar-refractivity contribution is 7.08. The molecule has 0 saturated carbocycles. The van der Waals surface area contributed by atoms with Gasteiger partial charge in [0.1, 0.15) is 0 Å². The number of hydrogen-bond donors (Lipinski definition) is 0. The lowest BCUT2D eigenvalue weighted by atomic mass is 10.2. The summed E-state index contributed by atoms with van der Waals surface area (Å²) in [6, 6.07) is 1.94. The summed E-state index contributed by atoms with van der Waals surface area (Å²) in [4.78, 5) is 18.6. The Bertz CT molecular complexity index is 595. The van der Waals surface area contributed by atoms with Crippen molar-refractivity contribution in [2.45, 2.75) is 26.7 Å². The molecule has 2 aromatic rings. The van der Waals surface area contributed by atoms with E-state index in [0.717, 1.165) is 12.1 Å². The second-order valence-corrected chi connectivity index (χ2v) is 6.53. The van der Waals surface area contributed by atoms with Crippen molar-refractivity contribution < 1.29 is 14.1 Å². The molecule has 0 aliphatic carbocycles. The Morgan fingerprint density at radius 2 is 2.30 bits per heavy atom. The molecule has 0 spiro atoms. The van der Waals surface area contributed by atoms with Crippen LogP contribution >= 0.6 is 11.3 Å². The summed E-state index contributed by atoms with van der Waals surface area (Å²) in [5, 5.41) is 7.89. The predicted octanol–water partition coefficient (Wildman–Crippen LogP) is 2.86. The number of aromatic nitrogens is 2. The molecule has 126 valence electrons. The van der Waals surface area contributed by atoms with E-state index in [-0.39, 0.29) is 5.91 Å². The van der Waals surface area contributed by atoms with Crippen LogP contribution in [0.5, 0.6) is 0 Å². The molecule has 23 heavy (non-hydrogen) atoms. The molecule has 0 saturated heterocycles. The Labute approximate surface area is 140 Å². The van der Waals surface area contributed by atoms with E-state index in [1.807, 2.05) is 21.7 Å². The molecular formula is C16H23N3O3S. The molecule has 0 unspecified atom stereocenters. The topological polar surface area (TPSA) is 68.5 Å². The van der Waals surface area contributed by atoms with Gasteiger partial charge < -0.3 is 14.2 Å². The fourth-order valence-corrected chi connectivity index (χ4v) is 2.83. The summed E-state index contributed by atoms with van der Waals surface area (Å²) in [5.74, 6) is 1.58. The highest BCUT2D eigenvalue weighted by Crippen LogP contribution is 2.19. The Morgan fingerprint density at radius 3 is 2.96 bits per heavy atom. The van der Waals surface area contributed by atoms with Crippen LogP contribution in [0.2, 0.25) is 0 Å². The van der Waals surface area contributed by atoms with Crippen molar-refractivity contribution in [2.24, 2.45) is 5.92 Å². The molecule has 0 atom stereocenters. The number of thiophene rings is 1. The summed E-state index contributed by atoms with van der Waals surface area (Å²) in [6.07, 6.45) is 0.819. The van der Waals surface area contributed by atoms with Gasteiger partial charge in [0, 0.05) is 44.0 Å². The first-order valence-corrected chi connectivity index (χ1v) is 8.66. The number of carbonyl (C=O) groups excluding carboxylic acids is 1. The molecule has 0 bridgehead atoms. The van der Waals surface area contributed by atoms with Gasteiger partial charge in [-0.1, -0.05) is 19.0 Å². The first kappa shape index (κ1) is 17.6. The highest BCUT2D eigenvalue weighted by Gasteiger charge is 2.16. The van der Waals surface area contributed by atoms with Crippen molar-refractivity contribution >= 4 is 17.2 Å². The van der Waals surface area contributed by atoms with Gasteiger partial charge in [-0.25, -0.2) is 0 Å². The van der Waals surface area contributed by atoms with Crippen LogP contribution in [0, 0.1) is 5.92 Å². The molecule has 0 aliphatic rings. The lowest BCUT2D eigenvalue weighted by Crippen LogP contribution is -2.36. The zero-order valence-corrected chi connectivity index (χ0v) is 14.6. The molecular weight excluding hydrogens is 314 g/mol. The molecule has 0 aliphatic heterocycles. The van der Waals surface area contributed by atoms with Crippen LogP contribution in [0.4, 0.5) is 0 Å². The van der Waals surface area contributed by atoms with E-state index in [0.29, 0.717) is 43.6 Å². The van der Waals surface area contributed by atoms with Crippen molar-refractivity contribution in [1.29, 1.82) is 0 Å². The minimum absolute atomic E-state index is 0.0889. The summed E-state index contributed by atoms with van der Waals surface area (Å²) in [6.45, 7) is 6.07. The van der Waals surface area contributed by atoms with Gasteiger partial charge in [-0.3, -0.25) is 4.79 Å². The van der Waals surface area contributed by atoms with Crippen LogP contribution in [0.1, 0.15) is 26.2 Å². The Balaban J connectivity index is 1.89. The van der Waals surface area contributed by atoms with Crippen LogP contribution in [0.25, 0.3) is 11.4 Å². The summed E-state index contributed by atoms with van der Waals surface area (Å²) < 4.78 is 10.3. The number of ether oxygens (including phenoxy) is 1. The SMILES string of the molecule is COCCN(CC(C)C)C(=O)CCc1nc(-c2ccsc2)no1. The number of hydrogen-bond acceptors (Lipinski definition) is 6. The molecule has 2 aromatic heterocycles. The van der Waals surface area contributed by atoms with Gasteiger partial charge in [-0.2, -0.15) is 16.3 Å². The predicted molar refractivity (Wildman–Crippen MR) is 89.2 cm³/mol. The molecule has 0 radical (unpaired) electrons. The molecule has 7 heteroatoms. The van der Waals surface area contributed by atoms with Gasteiger partial charge in [0.15, 0.2) is 0 Å². The minimum atomic E-state index is 0.0889. The van der Waals surface area contributed by atoms with E-state index < -0.39 is 0 Å². The molecule has 0 N–H and O–H groups in total. The minimum Gasteiger partial charge on any atom is -0.383 e. The summed E-state index contributed by atoms with van der Waals surface area (Å²) in [7, 11) is 1.64. The van der Waals surface area contributed by atoms with Crippen LogP contribution in [0.3, 0.4) is 0 Å². The molecule has 0 fully saturated rings. The quantitative estimate of drug-likeness (QED) is 0.704. The number of methoxy groups -OCH3 is 1. The second kappa shape index (κ2) is 8.79. The van der Waals surface area contributed by atoms with Gasteiger partial charge in [0.05, 0.1) is 6.61 Å². The summed E-state index contributed by atoms with van der Waals surface area (Å²) in [5.41, 5.74) is 0.942. The average Bonchev–Trinajstić information content (AvgIpc) is 3.19. The molecule has 0 aromatic carbocycles. The molecule has 2 heterocycles. The Morgan fingerprint density at radius 1 is 1.48 bits per heavy atom. The van der Waals surface area contributed by atoms with E-state index in [9.17, 15) is 4.79 Å². The third kappa shape index (κ3) is 5.44. The van der Waals surface area contributed by atoms with Gasteiger partial charge in [0.25, 0.3) is 0 Å². The van der Waals surface area contributed by atoms with Crippen molar-refractivity contribution in [3.8, 4) is 11.4 Å². The largest absolute Gasteiger partial charge is 0.383 e. The summed E-state index contributed by atoms with van der Waals surface area (Å²) >= 11 is 1.58. The van der Waals surface area contributed by atoms with Crippen LogP contribution in [-0.4, -0.2) is 47.8 Å². The highest BCUT2D eigenvalue weighted by atomic mass is 32.1. The van der Waals surface area contributed by atoms with Gasteiger partial charge in [-0.05, 0) is 17.4 Å². The van der Waals surface area contributed by atoms with Gasteiger partial charge in [-0.15, -0.1) is 0 Å². The normalized spacial score (nSPS) is 11.1. The number of rotatable bonds is 9. The zero-order chi connectivity index (χ0) is 16.7. The van der Waals surface area contributed by atoms with E-state index in [4.69, 9.17) is 9.26 Å². The molecule has 6 nitrogen and oxygen atoms in total. The fraction of sp³-hybridized carbons (Fsp3) is 0.562. The van der Waals surface area contributed by atoms with E-state index >= 15 is 0 Å². The fourth-order valence-electron chi connectivity index (χ4n) is 2.20.